The molecular formula is C26H25ClFN3O4S. The van der Waals surface area contributed by atoms with E-state index in [1.54, 1.807) is 18.2 Å². The van der Waals surface area contributed by atoms with E-state index in [0.29, 0.717) is 13.0 Å². The number of amides is 2. The fourth-order valence-electron chi connectivity index (χ4n) is 3.92. The predicted molar refractivity (Wildman–Crippen MR) is 135 cm³/mol. The molecule has 0 saturated carbocycles. The maximum Gasteiger partial charge on any atom is 0.264 e. The number of sulfonamides is 1. The number of benzene rings is 3. The van der Waals surface area contributed by atoms with Crippen molar-refractivity contribution in [2.45, 2.75) is 30.8 Å². The van der Waals surface area contributed by atoms with Gasteiger partial charge in [0.15, 0.2) is 0 Å². The van der Waals surface area contributed by atoms with Crippen LogP contribution >= 0.6 is 11.6 Å². The molecule has 0 spiro atoms. The number of carbonyl (C=O) groups excluding carboxylic acids is 2. The molecule has 1 N–H and O–H groups in total. The highest BCUT2D eigenvalue weighted by molar-refractivity contribution is 7.92. The number of nitrogens with zero attached hydrogens (tertiary/aromatic N) is 2. The predicted octanol–water partition coefficient (Wildman–Crippen LogP) is 4.11. The van der Waals surface area contributed by atoms with Gasteiger partial charge in [-0.1, -0.05) is 54.1 Å². The van der Waals surface area contributed by atoms with Crippen molar-refractivity contribution in [1.29, 1.82) is 0 Å². The summed E-state index contributed by atoms with van der Waals surface area (Å²) in [5.41, 5.74) is 1.89. The molecule has 3 aromatic rings. The Morgan fingerprint density at radius 3 is 2.36 bits per heavy atom. The Bertz CT molecular complexity index is 1350. The van der Waals surface area contributed by atoms with Crippen LogP contribution in [0.15, 0.2) is 77.7 Å². The third-order valence-corrected chi connectivity index (χ3v) is 7.94. The van der Waals surface area contributed by atoms with Crippen LogP contribution in [0.1, 0.15) is 24.0 Å². The van der Waals surface area contributed by atoms with Gasteiger partial charge in [0.25, 0.3) is 10.0 Å². The minimum Gasteiger partial charge on any atom is -0.350 e. The van der Waals surface area contributed by atoms with Crippen molar-refractivity contribution in [1.82, 2.24) is 10.2 Å². The minimum absolute atomic E-state index is 0.00896. The largest absolute Gasteiger partial charge is 0.350 e. The summed E-state index contributed by atoms with van der Waals surface area (Å²) in [6.45, 7) is 0.982. The second-order valence-corrected chi connectivity index (χ2v) is 10.7. The lowest BCUT2D eigenvalue weighted by Crippen LogP contribution is -2.40. The summed E-state index contributed by atoms with van der Waals surface area (Å²) in [5.74, 6) is -1.08. The van der Waals surface area contributed by atoms with Crippen molar-refractivity contribution in [2.75, 3.05) is 17.4 Å². The maximum absolute atomic E-state index is 13.7. The van der Waals surface area contributed by atoms with E-state index >= 15 is 0 Å². The number of halogens is 2. The molecule has 0 aliphatic carbocycles. The van der Waals surface area contributed by atoms with Gasteiger partial charge in [0.2, 0.25) is 11.8 Å². The summed E-state index contributed by atoms with van der Waals surface area (Å²) in [6.07, 6.45) is 1.47. The lowest BCUT2D eigenvalue weighted by molar-refractivity contribution is -0.128. The average molecular weight is 530 g/mol. The van der Waals surface area contributed by atoms with Gasteiger partial charge in [0, 0.05) is 26.1 Å². The Hall–Kier alpha value is -3.43. The molecule has 2 amide bonds. The molecule has 188 valence electrons. The summed E-state index contributed by atoms with van der Waals surface area (Å²) >= 11 is 5.89. The topological polar surface area (TPSA) is 86.8 Å². The summed E-state index contributed by atoms with van der Waals surface area (Å²) in [7, 11) is -4.12. The molecule has 0 unspecified atom stereocenters. The van der Waals surface area contributed by atoms with E-state index in [1.165, 1.54) is 24.3 Å². The van der Waals surface area contributed by atoms with Crippen molar-refractivity contribution in [2.24, 2.45) is 0 Å². The molecule has 1 aliphatic heterocycles. The number of carbonyl (C=O) groups is 2. The fraction of sp³-hybridized carbons (Fsp3) is 0.231. The number of hydrogen-bond acceptors (Lipinski definition) is 4. The van der Waals surface area contributed by atoms with E-state index in [9.17, 15) is 22.4 Å². The fourth-order valence-corrected chi connectivity index (χ4v) is 5.52. The molecule has 0 bridgehead atoms. The first kappa shape index (κ1) is 25.7. The monoisotopic (exact) mass is 529 g/mol. The molecule has 10 heteroatoms. The molecular weight excluding hydrogens is 505 g/mol. The Kier molecular flexibility index (Phi) is 7.91. The molecule has 1 heterocycles. The molecule has 1 fully saturated rings. The first-order valence-corrected chi connectivity index (χ1v) is 13.2. The molecule has 0 atom stereocenters. The number of hydrogen-bond donors (Lipinski definition) is 1. The Balaban J connectivity index is 1.45. The van der Waals surface area contributed by atoms with Gasteiger partial charge in [0.1, 0.15) is 12.4 Å². The van der Waals surface area contributed by atoms with Crippen LogP contribution in [0.25, 0.3) is 0 Å². The van der Waals surface area contributed by atoms with Crippen molar-refractivity contribution >= 4 is 39.1 Å². The van der Waals surface area contributed by atoms with Gasteiger partial charge in [-0.05, 0) is 47.9 Å². The Morgan fingerprint density at radius 1 is 1.03 bits per heavy atom. The second kappa shape index (κ2) is 11.1. The first-order chi connectivity index (χ1) is 17.2. The standard InChI is InChI=1S/C26H25ClFN3O4S/c27-23-15-21(12-13-24(23)28)31(36(34,35)22-5-2-1-3-6-22)18-25(32)29-16-19-8-10-20(11-9-19)17-30-14-4-7-26(30)33/h1-3,5-6,8-13,15H,4,7,14,16-18H2,(H,29,32). The van der Waals surface area contributed by atoms with E-state index < -0.39 is 28.3 Å². The van der Waals surface area contributed by atoms with Crippen molar-refractivity contribution in [3.05, 3.63) is 94.8 Å². The normalized spacial score (nSPS) is 13.6. The van der Waals surface area contributed by atoms with Gasteiger partial charge in [-0.15, -0.1) is 0 Å². The highest BCUT2D eigenvalue weighted by Crippen LogP contribution is 2.27. The molecule has 1 aliphatic rings. The smallest absolute Gasteiger partial charge is 0.264 e. The van der Waals surface area contributed by atoms with Crippen LogP contribution in [0.2, 0.25) is 5.02 Å². The zero-order valence-corrected chi connectivity index (χ0v) is 20.9. The zero-order chi connectivity index (χ0) is 25.7. The second-order valence-electron chi connectivity index (χ2n) is 8.44. The molecule has 3 aromatic carbocycles. The van der Waals surface area contributed by atoms with Crippen LogP contribution in [0.5, 0.6) is 0 Å². The summed E-state index contributed by atoms with van der Waals surface area (Å²) in [5, 5.41) is 2.48. The molecule has 7 nitrogen and oxygen atoms in total. The van der Waals surface area contributed by atoms with Crippen LogP contribution in [0, 0.1) is 5.82 Å². The highest BCUT2D eigenvalue weighted by atomic mass is 35.5. The Labute approximate surface area is 214 Å². The van der Waals surface area contributed by atoms with E-state index in [2.05, 4.69) is 5.32 Å². The number of anilines is 1. The highest BCUT2D eigenvalue weighted by Gasteiger charge is 2.27. The van der Waals surface area contributed by atoms with E-state index in [-0.39, 0.29) is 28.1 Å². The Morgan fingerprint density at radius 2 is 1.72 bits per heavy atom. The van der Waals surface area contributed by atoms with Gasteiger partial charge >= 0.3 is 0 Å². The lowest BCUT2D eigenvalue weighted by atomic mass is 10.1. The van der Waals surface area contributed by atoms with E-state index in [4.69, 9.17) is 11.6 Å². The van der Waals surface area contributed by atoms with E-state index in [1.807, 2.05) is 29.2 Å². The van der Waals surface area contributed by atoms with Crippen LogP contribution < -0.4 is 9.62 Å². The first-order valence-electron chi connectivity index (χ1n) is 11.4. The van der Waals surface area contributed by atoms with Crippen molar-refractivity contribution < 1.29 is 22.4 Å². The molecule has 0 aromatic heterocycles. The van der Waals surface area contributed by atoms with Crippen LogP contribution in [-0.4, -0.2) is 38.2 Å². The van der Waals surface area contributed by atoms with Crippen molar-refractivity contribution in [3.8, 4) is 0 Å². The summed E-state index contributed by atoms with van der Waals surface area (Å²) in [4.78, 5) is 26.4. The molecule has 1 saturated heterocycles. The minimum atomic E-state index is -4.12. The number of rotatable bonds is 9. The third kappa shape index (κ3) is 6.03. The maximum atomic E-state index is 13.7. The van der Waals surface area contributed by atoms with Crippen LogP contribution in [-0.2, 0) is 32.7 Å². The van der Waals surface area contributed by atoms with Gasteiger partial charge in [-0.25, -0.2) is 12.8 Å². The number of nitrogens with one attached hydrogen (secondary N) is 1. The van der Waals surface area contributed by atoms with Gasteiger partial charge in [-0.3, -0.25) is 13.9 Å². The summed E-state index contributed by atoms with van der Waals surface area (Å²) < 4.78 is 41.3. The quantitative estimate of drug-likeness (QED) is 0.452. The third-order valence-electron chi connectivity index (χ3n) is 5.87. The van der Waals surface area contributed by atoms with Gasteiger partial charge in [0.05, 0.1) is 15.6 Å². The lowest BCUT2D eigenvalue weighted by Gasteiger charge is -2.24. The molecule has 4 rings (SSSR count). The van der Waals surface area contributed by atoms with Crippen LogP contribution in [0.4, 0.5) is 10.1 Å². The SMILES string of the molecule is O=C(CN(c1ccc(F)c(Cl)c1)S(=O)(=O)c1ccccc1)NCc1ccc(CN2CCCC2=O)cc1. The number of likely N-dealkylation sites (tertiary alicyclic amines) is 1. The van der Waals surface area contributed by atoms with E-state index in [0.717, 1.165) is 34.5 Å². The van der Waals surface area contributed by atoms with Crippen LogP contribution in [0.3, 0.4) is 0 Å². The van der Waals surface area contributed by atoms with Gasteiger partial charge in [-0.2, -0.15) is 0 Å². The van der Waals surface area contributed by atoms with Gasteiger partial charge < -0.3 is 10.2 Å². The zero-order valence-electron chi connectivity index (χ0n) is 19.4. The average Bonchev–Trinajstić information content (AvgIpc) is 3.28. The van der Waals surface area contributed by atoms with Crippen molar-refractivity contribution in [3.63, 3.8) is 0 Å². The summed E-state index contributed by atoms with van der Waals surface area (Å²) in [6, 6.07) is 18.7. The molecule has 0 radical (unpaired) electrons. The molecule has 36 heavy (non-hydrogen) atoms.